The van der Waals surface area contributed by atoms with E-state index in [4.69, 9.17) is 19.4 Å². The first kappa shape index (κ1) is 37.1. The molecule has 1 aliphatic rings. The van der Waals surface area contributed by atoms with Crippen molar-refractivity contribution in [2.45, 2.75) is 81.5 Å². The van der Waals surface area contributed by atoms with Crippen LogP contribution in [0.2, 0.25) is 0 Å². The Kier molecular flexibility index (Phi) is 14.3. The van der Waals surface area contributed by atoms with Gasteiger partial charge < -0.3 is 24.6 Å². The van der Waals surface area contributed by atoms with Crippen molar-refractivity contribution in [1.82, 2.24) is 10.8 Å². The first-order valence-electron chi connectivity index (χ1n) is 17.1. The number of aliphatic hydroxyl groups is 1. The number of hydrogen-bond donors (Lipinski definition) is 4. The number of ether oxygens (including phenoxy) is 3. The zero-order valence-electron chi connectivity index (χ0n) is 28.4. The molecule has 1 aliphatic heterocycles. The predicted octanol–water partition coefficient (Wildman–Crippen LogP) is 7.65. The van der Waals surface area contributed by atoms with E-state index in [1.807, 2.05) is 72.8 Å². The van der Waals surface area contributed by atoms with E-state index < -0.39 is 6.29 Å². The predicted molar refractivity (Wildman–Crippen MR) is 193 cm³/mol. The molecule has 5 rings (SSSR count). The highest BCUT2D eigenvalue weighted by Crippen LogP contribution is 2.41. The molecule has 0 aromatic heterocycles. The van der Waals surface area contributed by atoms with Crippen LogP contribution in [0.5, 0.6) is 5.75 Å². The highest BCUT2D eigenvalue weighted by Gasteiger charge is 2.32. The molecule has 10 heteroatoms. The van der Waals surface area contributed by atoms with Crippen LogP contribution in [-0.2, 0) is 32.2 Å². The number of carbonyl (C=O) groups is 2. The van der Waals surface area contributed by atoms with Crippen molar-refractivity contribution < 1.29 is 34.1 Å². The summed E-state index contributed by atoms with van der Waals surface area (Å²) in [5.41, 5.74) is 7.55. The summed E-state index contributed by atoms with van der Waals surface area (Å²) in [4.78, 5) is 24.7. The molecular formula is C40H46N2O7S. The van der Waals surface area contributed by atoms with Gasteiger partial charge in [0.25, 0.3) is 0 Å². The Morgan fingerprint density at radius 2 is 1.50 bits per heavy atom. The second kappa shape index (κ2) is 19.3. The second-order valence-corrected chi connectivity index (χ2v) is 13.4. The number of benzene rings is 4. The topological polar surface area (TPSA) is 126 Å². The van der Waals surface area contributed by atoms with Crippen LogP contribution >= 0.6 is 11.8 Å². The SMILES string of the molecule is COc1ccccc1SC[C@H]1C[C@@H](c2ccc(CO)cc2)O[C@@H](c2ccc(-c3ccccc3CNC(=O)CCCCCCC(=O)NO)cc2)O1. The third-order valence-electron chi connectivity index (χ3n) is 8.78. The molecule has 0 spiro atoms. The molecule has 264 valence electrons. The number of amides is 2. The van der Waals surface area contributed by atoms with Crippen molar-refractivity contribution in [3.05, 3.63) is 119 Å². The number of nitrogens with one attached hydrogen (secondary N) is 2. The van der Waals surface area contributed by atoms with Gasteiger partial charge in [-0.3, -0.25) is 14.8 Å². The fraction of sp³-hybridized carbons (Fsp3) is 0.350. The van der Waals surface area contributed by atoms with Crippen LogP contribution in [0.4, 0.5) is 0 Å². The van der Waals surface area contributed by atoms with E-state index in [0.29, 0.717) is 25.8 Å². The van der Waals surface area contributed by atoms with E-state index in [1.165, 1.54) is 0 Å². The zero-order valence-corrected chi connectivity index (χ0v) is 29.2. The molecule has 0 bridgehead atoms. The summed E-state index contributed by atoms with van der Waals surface area (Å²) in [7, 11) is 1.68. The molecule has 1 heterocycles. The molecule has 4 aromatic rings. The molecule has 4 N–H and O–H groups in total. The Labute approximate surface area is 298 Å². The number of carbonyl (C=O) groups excluding carboxylic acids is 2. The Morgan fingerprint density at radius 1 is 0.820 bits per heavy atom. The summed E-state index contributed by atoms with van der Waals surface area (Å²) in [6, 6.07) is 32.2. The van der Waals surface area contributed by atoms with E-state index in [2.05, 4.69) is 29.6 Å². The summed E-state index contributed by atoms with van der Waals surface area (Å²) in [6.45, 7) is 0.415. The van der Waals surface area contributed by atoms with Gasteiger partial charge in [-0.25, -0.2) is 5.48 Å². The van der Waals surface area contributed by atoms with Crippen molar-refractivity contribution in [3.63, 3.8) is 0 Å². The van der Waals surface area contributed by atoms with Gasteiger partial charge in [0.15, 0.2) is 6.29 Å². The van der Waals surface area contributed by atoms with Gasteiger partial charge in [0.05, 0.1) is 25.9 Å². The quantitative estimate of drug-likeness (QED) is 0.0384. The Morgan fingerprint density at radius 3 is 2.22 bits per heavy atom. The summed E-state index contributed by atoms with van der Waals surface area (Å²) >= 11 is 1.71. The van der Waals surface area contributed by atoms with Crippen LogP contribution in [0.25, 0.3) is 11.1 Å². The third kappa shape index (κ3) is 10.7. The molecule has 0 saturated carbocycles. The maximum atomic E-state index is 12.6. The fourth-order valence-corrected chi connectivity index (χ4v) is 7.03. The molecule has 1 fully saturated rings. The van der Waals surface area contributed by atoms with E-state index in [9.17, 15) is 14.7 Å². The third-order valence-corrected chi connectivity index (χ3v) is 9.97. The summed E-state index contributed by atoms with van der Waals surface area (Å²) in [5, 5.41) is 21.2. The lowest BCUT2D eigenvalue weighted by atomic mass is 9.97. The van der Waals surface area contributed by atoms with Crippen LogP contribution in [0, 0.1) is 0 Å². The fourth-order valence-electron chi connectivity index (χ4n) is 5.98. The second-order valence-electron chi connectivity index (χ2n) is 12.3. The van der Waals surface area contributed by atoms with Crippen LogP contribution in [0.3, 0.4) is 0 Å². The van der Waals surface area contributed by atoms with Gasteiger partial charge in [0.2, 0.25) is 11.8 Å². The molecule has 4 aromatic carbocycles. The minimum atomic E-state index is -0.565. The number of thioether (sulfide) groups is 1. The molecular weight excluding hydrogens is 653 g/mol. The van der Waals surface area contributed by atoms with Gasteiger partial charge in [-0.15, -0.1) is 11.8 Å². The molecule has 0 radical (unpaired) electrons. The van der Waals surface area contributed by atoms with Crippen LogP contribution in [0.1, 0.15) is 79.6 Å². The van der Waals surface area contributed by atoms with Gasteiger partial charge in [-0.05, 0) is 52.8 Å². The first-order valence-corrected chi connectivity index (χ1v) is 18.1. The molecule has 50 heavy (non-hydrogen) atoms. The lowest BCUT2D eigenvalue weighted by Gasteiger charge is -2.36. The largest absolute Gasteiger partial charge is 0.496 e. The average molecular weight is 699 g/mol. The Bertz CT molecular complexity index is 1670. The van der Waals surface area contributed by atoms with Crippen LogP contribution in [-0.4, -0.2) is 41.1 Å². The number of methoxy groups -OCH3 is 1. The van der Waals surface area contributed by atoms with E-state index in [-0.39, 0.29) is 37.0 Å². The average Bonchev–Trinajstić information content (AvgIpc) is 3.17. The molecule has 0 unspecified atom stereocenters. The minimum absolute atomic E-state index is 0.00571. The minimum Gasteiger partial charge on any atom is -0.496 e. The summed E-state index contributed by atoms with van der Waals surface area (Å²) in [5.74, 6) is 1.18. The van der Waals surface area contributed by atoms with Crippen molar-refractivity contribution >= 4 is 23.6 Å². The van der Waals surface area contributed by atoms with Crippen molar-refractivity contribution in [1.29, 1.82) is 0 Å². The van der Waals surface area contributed by atoms with Crippen molar-refractivity contribution in [2.75, 3.05) is 12.9 Å². The molecule has 9 nitrogen and oxygen atoms in total. The van der Waals surface area contributed by atoms with Gasteiger partial charge in [0.1, 0.15) is 5.75 Å². The smallest absolute Gasteiger partial charge is 0.243 e. The summed E-state index contributed by atoms with van der Waals surface area (Å²) < 4.78 is 18.7. The Hall–Kier alpha value is -4.19. The van der Waals surface area contributed by atoms with Crippen LogP contribution in [0.15, 0.2) is 102 Å². The monoisotopic (exact) mass is 698 g/mol. The lowest BCUT2D eigenvalue weighted by molar-refractivity contribution is -0.245. The molecule has 2 amide bonds. The summed E-state index contributed by atoms with van der Waals surface area (Å²) in [6.07, 6.45) is 3.69. The van der Waals surface area contributed by atoms with E-state index >= 15 is 0 Å². The molecule has 1 saturated heterocycles. The van der Waals surface area contributed by atoms with Gasteiger partial charge in [-0.2, -0.15) is 0 Å². The highest BCUT2D eigenvalue weighted by molar-refractivity contribution is 7.99. The van der Waals surface area contributed by atoms with Gasteiger partial charge in [0, 0.05) is 42.0 Å². The van der Waals surface area contributed by atoms with Crippen LogP contribution < -0.4 is 15.5 Å². The number of para-hydroxylation sites is 1. The lowest BCUT2D eigenvalue weighted by Crippen LogP contribution is -2.31. The number of unbranched alkanes of at least 4 members (excludes halogenated alkanes) is 3. The normalized spacial score (nSPS) is 17.2. The van der Waals surface area contributed by atoms with E-state index in [1.54, 1.807) is 24.4 Å². The molecule has 3 atom stereocenters. The first-order chi connectivity index (χ1) is 24.5. The standard InChI is InChI=1S/C40H46N2O7S/c1-47-35-12-8-9-13-37(35)50-27-33-24-36(30-18-16-28(26-43)17-19-30)49-40(48-33)31-22-20-29(21-23-31)34-11-7-6-10-32(34)25-41-38(44)14-4-2-3-5-15-39(45)42-46/h6-13,16-23,33,36,40,43,46H,2-5,14-15,24-27H2,1H3,(H,41,44)(H,42,45)/t33-,36+,40+/m1/s1. The maximum Gasteiger partial charge on any atom is 0.243 e. The molecule has 0 aliphatic carbocycles. The van der Waals surface area contributed by atoms with Gasteiger partial charge in [-0.1, -0.05) is 97.8 Å². The number of hydrogen-bond acceptors (Lipinski definition) is 8. The zero-order chi connectivity index (χ0) is 35.1. The number of aliphatic hydroxyl groups excluding tert-OH is 1. The number of rotatable bonds is 17. The van der Waals surface area contributed by atoms with Crippen molar-refractivity contribution in [3.8, 4) is 16.9 Å². The maximum absolute atomic E-state index is 12.6. The van der Waals surface area contributed by atoms with E-state index in [0.717, 1.165) is 69.0 Å². The Balaban J connectivity index is 1.23. The number of hydroxylamine groups is 1. The van der Waals surface area contributed by atoms with Crippen molar-refractivity contribution in [2.24, 2.45) is 0 Å². The van der Waals surface area contributed by atoms with Gasteiger partial charge >= 0.3 is 0 Å². The highest BCUT2D eigenvalue weighted by atomic mass is 32.2.